The second-order valence-electron chi connectivity index (χ2n) is 6.77. The molecule has 1 aromatic heterocycles. The van der Waals surface area contributed by atoms with Gasteiger partial charge in [-0.05, 0) is 60.4 Å². The average molecular weight is 389 g/mol. The minimum absolute atomic E-state index is 0.0497. The van der Waals surface area contributed by atoms with Crippen molar-refractivity contribution in [2.24, 2.45) is 5.92 Å². The van der Waals surface area contributed by atoms with Gasteiger partial charge in [-0.3, -0.25) is 0 Å². The monoisotopic (exact) mass is 389 g/mol. The van der Waals surface area contributed by atoms with E-state index in [9.17, 15) is 18.3 Å². The first-order chi connectivity index (χ1) is 13.5. The number of nitrogens with zero attached hydrogens (tertiary/aromatic N) is 4. The van der Waals surface area contributed by atoms with Crippen LogP contribution in [-0.2, 0) is 6.18 Å². The summed E-state index contributed by atoms with van der Waals surface area (Å²) in [7, 11) is 0. The molecule has 146 valence electrons. The van der Waals surface area contributed by atoms with Gasteiger partial charge in [0.25, 0.3) is 0 Å². The lowest BCUT2D eigenvalue weighted by molar-refractivity contribution is -0.137. The maximum atomic E-state index is 12.7. The average Bonchev–Trinajstić information content (AvgIpc) is 3.39. The number of rotatable bonds is 6. The lowest BCUT2D eigenvalue weighted by atomic mass is 10.1. The highest BCUT2D eigenvalue weighted by Gasteiger charge is 2.34. The minimum atomic E-state index is -4.37. The highest BCUT2D eigenvalue weighted by molar-refractivity contribution is 5.77. The molecule has 9 heteroatoms. The Balaban J connectivity index is 1.58. The SMILES string of the molecule is OC[C@H](C1CC1)n1nnc(-c2ccccc2Nc2ccc(C(F)(F)F)cc2)n1. The summed E-state index contributed by atoms with van der Waals surface area (Å²) in [5.41, 5.74) is 1.13. The van der Waals surface area contributed by atoms with Gasteiger partial charge >= 0.3 is 6.18 Å². The van der Waals surface area contributed by atoms with Crippen LogP contribution in [0.4, 0.5) is 24.5 Å². The van der Waals surface area contributed by atoms with Crippen LogP contribution < -0.4 is 5.32 Å². The molecule has 2 aromatic carbocycles. The number of alkyl halides is 3. The molecule has 3 aromatic rings. The number of aliphatic hydroxyl groups excluding tert-OH is 1. The molecule has 2 N–H and O–H groups in total. The van der Waals surface area contributed by atoms with Crippen molar-refractivity contribution in [2.75, 3.05) is 11.9 Å². The third-order valence-corrected chi connectivity index (χ3v) is 4.74. The third-order valence-electron chi connectivity index (χ3n) is 4.74. The van der Waals surface area contributed by atoms with Crippen LogP contribution in [0.5, 0.6) is 0 Å². The molecule has 1 heterocycles. The molecule has 1 fully saturated rings. The fraction of sp³-hybridized carbons (Fsp3) is 0.316. The number of benzene rings is 2. The van der Waals surface area contributed by atoms with E-state index in [1.807, 2.05) is 6.07 Å². The Hall–Kier alpha value is -2.94. The van der Waals surface area contributed by atoms with Crippen molar-refractivity contribution < 1.29 is 18.3 Å². The summed E-state index contributed by atoms with van der Waals surface area (Å²) in [4.78, 5) is 1.45. The van der Waals surface area contributed by atoms with Gasteiger partial charge in [-0.2, -0.15) is 18.0 Å². The van der Waals surface area contributed by atoms with Gasteiger partial charge in [0.2, 0.25) is 5.82 Å². The third kappa shape index (κ3) is 3.84. The summed E-state index contributed by atoms with van der Waals surface area (Å²) in [5.74, 6) is 0.752. The second-order valence-corrected chi connectivity index (χ2v) is 6.77. The van der Waals surface area contributed by atoms with Crippen molar-refractivity contribution in [1.82, 2.24) is 20.2 Å². The lowest BCUT2D eigenvalue weighted by Gasteiger charge is -2.12. The van der Waals surface area contributed by atoms with E-state index in [1.54, 1.807) is 18.2 Å². The van der Waals surface area contributed by atoms with E-state index in [0.717, 1.165) is 25.0 Å². The molecule has 0 unspecified atom stereocenters. The van der Waals surface area contributed by atoms with E-state index in [2.05, 4.69) is 20.7 Å². The van der Waals surface area contributed by atoms with Crippen molar-refractivity contribution in [3.8, 4) is 11.4 Å². The van der Waals surface area contributed by atoms with Crippen LogP contribution in [0.1, 0.15) is 24.4 Å². The minimum Gasteiger partial charge on any atom is -0.394 e. The van der Waals surface area contributed by atoms with Crippen molar-refractivity contribution in [1.29, 1.82) is 0 Å². The Morgan fingerprint density at radius 2 is 1.82 bits per heavy atom. The maximum absolute atomic E-state index is 12.7. The van der Waals surface area contributed by atoms with E-state index < -0.39 is 11.7 Å². The highest BCUT2D eigenvalue weighted by Crippen LogP contribution is 2.39. The van der Waals surface area contributed by atoms with Gasteiger partial charge in [0.05, 0.1) is 18.2 Å². The number of nitrogens with one attached hydrogen (secondary N) is 1. The normalized spacial score (nSPS) is 15.4. The number of aliphatic hydroxyl groups is 1. The molecule has 6 nitrogen and oxygen atoms in total. The van der Waals surface area contributed by atoms with Crippen LogP contribution in [0, 0.1) is 5.92 Å². The van der Waals surface area contributed by atoms with Crippen molar-refractivity contribution in [3.63, 3.8) is 0 Å². The molecule has 0 amide bonds. The van der Waals surface area contributed by atoms with Gasteiger partial charge < -0.3 is 10.4 Å². The standard InChI is InChI=1S/C19H18F3N5O/c20-19(21,22)13-7-9-14(10-8-13)23-16-4-2-1-3-15(16)18-24-26-27(25-18)17(11-28)12-5-6-12/h1-4,7-10,12,17,23,28H,5-6,11H2/t17-/m1/s1. The zero-order chi connectivity index (χ0) is 19.7. The predicted octanol–water partition coefficient (Wildman–Crippen LogP) is 4.05. The Bertz CT molecular complexity index is 951. The Morgan fingerprint density at radius 1 is 1.11 bits per heavy atom. The number of aromatic nitrogens is 4. The van der Waals surface area contributed by atoms with Gasteiger partial charge in [0.1, 0.15) is 0 Å². The molecule has 4 rings (SSSR count). The van der Waals surface area contributed by atoms with Crippen LogP contribution in [0.3, 0.4) is 0 Å². The lowest BCUT2D eigenvalue weighted by Crippen LogP contribution is -2.18. The fourth-order valence-corrected chi connectivity index (χ4v) is 3.05. The summed E-state index contributed by atoms with van der Waals surface area (Å²) >= 11 is 0. The highest BCUT2D eigenvalue weighted by atomic mass is 19.4. The van der Waals surface area contributed by atoms with Gasteiger partial charge in [0, 0.05) is 16.9 Å². The second kappa shape index (κ2) is 7.23. The molecule has 0 saturated heterocycles. The van der Waals surface area contributed by atoms with E-state index in [4.69, 9.17) is 0 Å². The maximum Gasteiger partial charge on any atom is 0.416 e. The van der Waals surface area contributed by atoms with Crippen LogP contribution >= 0.6 is 0 Å². The first-order valence-electron chi connectivity index (χ1n) is 8.90. The Labute approximate surface area is 159 Å². The molecule has 0 radical (unpaired) electrons. The Kier molecular flexibility index (Phi) is 4.76. The number of anilines is 2. The van der Waals surface area contributed by atoms with Gasteiger partial charge in [-0.25, -0.2) is 0 Å². The zero-order valence-corrected chi connectivity index (χ0v) is 14.8. The number of hydrogen-bond donors (Lipinski definition) is 2. The molecule has 1 aliphatic rings. The number of tetrazole rings is 1. The topological polar surface area (TPSA) is 75.9 Å². The van der Waals surface area contributed by atoms with Gasteiger partial charge in [-0.15, -0.1) is 10.2 Å². The van der Waals surface area contributed by atoms with Gasteiger partial charge in [0.15, 0.2) is 0 Å². The number of para-hydroxylation sites is 1. The molecule has 1 aliphatic carbocycles. The summed E-state index contributed by atoms with van der Waals surface area (Å²) < 4.78 is 38.2. The molecule has 0 spiro atoms. The molecule has 28 heavy (non-hydrogen) atoms. The molecular weight excluding hydrogens is 371 g/mol. The van der Waals surface area contributed by atoms with E-state index in [0.29, 0.717) is 28.7 Å². The number of hydrogen-bond acceptors (Lipinski definition) is 5. The summed E-state index contributed by atoms with van der Waals surface area (Å²) in [5, 5.41) is 25.3. The quantitative estimate of drug-likeness (QED) is 0.665. The van der Waals surface area contributed by atoms with Crippen molar-refractivity contribution in [2.45, 2.75) is 25.1 Å². The van der Waals surface area contributed by atoms with E-state index in [1.165, 1.54) is 16.9 Å². The van der Waals surface area contributed by atoms with Crippen molar-refractivity contribution in [3.05, 3.63) is 54.1 Å². The van der Waals surface area contributed by atoms with Crippen molar-refractivity contribution >= 4 is 11.4 Å². The van der Waals surface area contributed by atoms with Gasteiger partial charge in [-0.1, -0.05) is 12.1 Å². The Morgan fingerprint density at radius 3 is 2.46 bits per heavy atom. The van der Waals surface area contributed by atoms with Crippen LogP contribution in [0.25, 0.3) is 11.4 Å². The van der Waals surface area contributed by atoms with Crippen LogP contribution in [-0.4, -0.2) is 31.9 Å². The zero-order valence-electron chi connectivity index (χ0n) is 14.8. The van der Waals surface area contributed by atoms with Crippen LogP contribution in [0.2, 0.25) is 0 Å². The van der Waals surface area contributed by atoms with E-state index in [-0.39, 0.29) is 12.6 Å². The number of halogens is 3. The fourth-order valence-electron chi connectivity index (χ4n) is 3.05. The predicted molar refractivity (Wildman–Crippen MR) is 96.8 cm³/mol. The molecule has 0 bridgehead atoms. The summed E-state index contributed by atoms with van der Waals surface area (Å²) in [6, 6.07) is 11.8. The largest absolute Gasteiger partial charge is 0.416 e. The molecule has 1 atom stereocenters. The molecular formula is C19H18F3N5O. The van der Waals surface area contributed by atoms with E-state index >= 15 is 0 Å². The molecule has 1 saturated carbocycles. The first-order valence-corrected chi connectivity index (χ1v) is 8.90. The summed E-state index contributed by atoms with van der Waals surface area (Å²) in [6.45, 7) is -0.0497. The first kappa shape index (κ1) is 18.4. The smallest absolute Gasteiger partial charge is 0.394 e. The molecule has 0 aliphatic heterocycles. The summed E-state index contributed by atoms with van der Waals surface area (Å²) in [6.07, 6.45) is -2.30. The van der Waals surface area contributed by atoms with Crippen LogP contribution in [0.15, 0.2) is 48.5 Å².